The molecule has 32 heavy (non-hydrogen) atoms. The van der Waals surface area contributed by atoms with Crippen LogP contribution in [-0.4, -0.2) is 25.2 Å². The Kier molecular flexibility index (Phi) is 5.31. The second-order valence-electron chi connectivity index (χ2n) is 8.08. The molecule has 1 N–H and O–H groups in total. The molecule has 0 spiro atoms. The molecule has 5 rings (SSSR count). The molecule has 4 aromatic rings. The maximum atomic E-state index is 12.7. The van der Waals surface area contributed by atoms with Gasteiger partial charge in [-0.2, -0.15) is 0 Å². The molecule has 1 aliphatic rings. The first-order valence-corrected chi connectivity index (χ1v) is 10.7. The number of methoxy groups -OCH3 is 2. The van der Waals surface area contributed by atoms with Gasteiger partial charge in [-0.05, 0) is 53.4 Å². The lowest BCUT2D eigenvalue weighted by Crippen LogP contribution is -2.22. The Morgan fingerprint density at radius 3 is 2.44 bits per heavy atom. The number of aromatic amines is 1. The molecule has 0 amide bonds. The van der Waals surface area contributed by atoms with Crippen LogP contribution in [0.25, 0.3) is 10.9 Å². The van der Waals surface area contributed by atoms with Gasteiger partial charge in [0.25, 0.3) is 0 Å². The van der Waals surface area contributed by atoms with Crippen molar-refractivity contribution < 1.29 is 19.0 Å². The third-order valence-electron chi connectivity index (χ3n) is 6.28. The van der Waals surface area contributed by atoms with E-state index in [2.05, 4.69) is 11.1 Å². The molecule has 2 unspecified atom stereocenters. The van der Waals surface area contributed by atoms with Gasteiger partial charge in [0.05, 0.1) is 20.1 Å². The summed E-state index contributed by atoms with van der Waals surface area (Å²) >= 11 is 0. The van der Waals surface area contributed by atoms with E-state index < -0.39 is 0 Å². The summed E-state index contributed by atoms with van der Waals surface area (Å²) in [5, 5.41) is 1.09. The fourth-order valence-electron chi connectivity index (χ4n) is 4.68. The Hall–Kier alpha value is -3.73. The quantitative estimate of drug-likeness (QED) is 0.428. The van der Waals surface area contributed by atoms with Crippen molar-refractivity contribution in [1.29, 1.82) is 0 Å². The summed E-state index contributed by atoms with van der Waals surface area (Å²) in [5.41, 5.74) is 5.45. The van der Waals surface area contributed by atoms with Crippen molar-refractivity contribution in [3.8, 4) is 11.5 Å². The Morgan fingerprint density at radius 2 is 1.72 bits per heavy atom. The molecule has 1 aliphatic carbocycles. The highest BCUT2D eigenvalue weighted by Gasteiger charge is 2.41. The molecule has 3 aromatic carbocycles. The molecule has 5 nitrogen and oxygen atoms in total. The van der Waals surface area contributed by atoms with Crippen LogP contribution in [0.3, 0.4) is 0 Å². The van der Waals surface area contributed by atoms with Crippen molar-refractivity contribution in [1.82, 2.24) is 4.98 Å². The van der Waals surface area contributed by atoms with Crippen LogP contribution in [0.5, 0.6) is 11.5 Å². The van der Waals surface area contributed by atoms with E-state index in [9.17, 15) is 4.79 Å². The fourth-order valence-corrected chi connectivity index (χ4v) is 4.68. The van der Waals surface area contributed by atoms with E-state index in [0.29, 0.717) is 13.0 Å². The molecule has 2 atom stereocenters. The Morgan fingerprint density at radius 1 is 0.969 bits per heavy atom. The maximum absolute atomic E-state index is 12.7. The standard InChI is InChI=1S/C27H25NO4/c1-30-19-10-8-18(9-11-19)25-23(27(29)31-2)15-22-21-14-20(12-13-24(21)28-26(22)25)32-16-17-6-4-3-5-7-17/h3-14,23,25,28H,15-16H2,1-2H3. The largest absolute Gasteiger partial charge is 0.497 e. The lowest BCUT2D eigenvalue weighted by Gasteiger charge is -2.19. The summed E-state index contributed by atoms with van der Waals surface area (Å²) in [6, 6.07) is 24.1. The highest BCUT2D eigenvalue weighted by Crippen LogP contribution is 2.46. The fraction of sp³-hybridized carbons (Fsp3) is 0.222. The summed E-state index contributed by atoms with van der Waals surface area (Å²) in [6.07, 6.45) is 0.626. The number of hydrogen-bond acceptors (Lipinski definition) is 4. The smallest absolute Gasteiger partial charge is 0.310 e. The van der Waals surface area contributed by atoms with Gasteiger partial charge in [-0.25, -0.2) is 0 Å². The number of ether oxygens (including phenoxy) is 3. The second-order valence-corrected chi connectivity index (χ2v) is 8.08. The number of carbonyl (C=O) groups is 1. The van der Waals surface area contributed by atoms with Gasteiger partial charge in [0.15, 0.2) is 0 Å². The Balaban J connectivity index is 1.50. The zero-order chi connectivity index (χ0) is 22.1. The first-order chi connectivity index (χ1) is 15.7. The number of hydrogen-bond donors (Lipinski definition) is 1. The van der Waals surface area contributed by atoms with Gasteiger partial charge in [-0.15, -0.1) is 0 Å². The van der Waals surface area contributed by atoms with Crippen molar-refractivity contribution in [2.75, 3.05) is 14.2 Å². The first-order valence-electron chi connectivity index (χ1n) is 10.7. The van der Waals surface area contributed by atoms with E-state index >= 15 is 0 Å². The molecule has 0 saturated heterocycles. The number of fused-ring (bicyclic) bond motifs is 3. The number of nitrogens with one attached hydrogen (secondary N) is 1. The highest BCUT2D eigenvalue weighted by molar-refractivity contribution is 5.89. The SMILES string of the molecule is COC(=O)C1Cc2c([nH]c3ccc(OCc4ccccc4)cc23)C1c1ccc(OC)cc1. The van der Waals surface area contributed by atoms with E-state index in [4.69, 9.17) is 14.2 Å². The van der Waals surface area contributed by atoms with Crippen LogP contribution in [-0.2, 0) is 22.6 Å². The summed E-state index contributed by atoms with van der Waals surface area (Å²) in [7, 11) is 3.10. The third kappa shape index (κ3) is 3.60. The van der Waals surface area contributed by atoms with Gasteiger partial charge >= 0.3 is 5.97 Å². The monoisotopic (exact) mass is 427 g/mol. The lowest BCUT2D eigenvalue weighted by atomic mass is 9.88. The van der Waals surface area contributed by atoms with Crippen molar-refractivity contribution in [2.45, 2.75) is 18.9 Å². The minimum absolute atomic E-state index is 0.0931. The molecular weight excluding hydrogens is 402 g/mol. The molecule has 162 valence electrons. The molecule has 5 heteroatoms. The molecule has 1 aromatic heterocycles. The summed E-state index contributed by atoms with van der Waals surface area (Å²) in [5.74, 6) is 1.04. The first kappa shape index (κ1) is 20.2. The number of carbonyl (C=O) groups excluding carboxylic acids is 1. The molecular formula is C27H25NO4. The van der Waals surface area contributed by atoms with Crippen LogP contribution in [0.1, 0.15) is 28.3 Å². The number of H-pyrrole nitrogens is 1. The Bertz CT molecular complexity index is 1240. The highest BCUT2D eigenvalue weighted by atomic mass is 16.5. The van der Waals surface area contributed by atoms with Crippen molar-refractivity contribution in [3.05, 3.63) is 95.2 Å². The van der Waals surface area contributed by atoms with E-state index in [1.807, 2.05) is 66.7 Å². The molecule has 0 saturated carbocycles. The summed E-state index contributed by atoms with van der Waals surface area (Å²) < 4.78 is 16.5. The van der Waals surface area contributed by atoms with E-state index in [1.54, 1.807) is 7.11 Å². The van der Waals surface area contributed by atoms with Gasteiger partial charge in [0.2, 0.25) is 0 Å². The van der Waals surface area contributed by atoms with Crippen LogP contribution in [0, 0.1) is 5.92 Å². The number of rotatable bonds is 6. The number of esters is 1. The molecule has 0 aliphatic heterocycles. The van der Waals surface area contributed by atoms with E-state index in [-0.39, 0.29) is 17.8 Å². The van der Waals surface area contributed by atoms with Gasteiger partial charge in [-0.1, -0.05) is 42.5 Å². The Labute approximate surface area is 186 Å². The molecule has 1 heterocycles. The molecule has 0 fully saturated rings. The molecule has 0 bridgehead atoms. The minimum atomic E-state index is -0.270. The summed E-state index contributed by atoms with van der Waals surface area (Å²) in [4.78, 5) is 16.2. The van der Waals surface area contributed by atoms with Gasteiger partial charge in [-0.3, -0.25) is 4.79 Å². The number of aromatic nitrogens is 1. The van der Waals surface area contributed by atoms with Crippen LogP contribution in [0.4, 0.5) is 0 Å². The summed E-state index contributed by atoms with van der Waals surface area (Å²) in [6.45, 7) is 0.512. The van der Waals surface area contributed by atoms with Crippen molar-refractivity contribution in [2.24, 2.45) is 5.92 Å². The normalized spacial score (nSPS) is 17.2. The van der Waals surface area contributed by atoms with Gasteiger partial charge < -0.3 is 19.2 Å². The van der Waals surface area contributed by atoms with Crippen LogP contribution in [0.15, 0.2) is 72.8 Å². The van der Waals surface area contributed by atoms with Crippen molar-refractivity contribution >= 4 is 16.9 Å². The van der Waals surface area contributed by atoms with Crippen LogP contribution >= 0.6 is 0 Å². The topological polar surface area (TPSA) is 60.6 Å². The predicted molar refractivity (Wildman–Crippen MR) is 123 cm³/mol. The zero-order valence-electron chi connectivity index (χ0n) is 18.1. The zero-order valence-corrected chi connectivity index (χ0v) is 18.1. The lowest BCUT2D eigenvalue weighted by molar-refractivity contribution is -0.145. The predicted octanol–water partition coefficient (Wildman–Crippen LogP) is 5.23. The third-order valence-corrected chi connectivity index (χ3v) is 6.28. The van der Waals surface area contributed by atoms with Gasteiger partial charge in [0, 0.05) is 22.5 Å². The van der Waals surface area contributed by atoms with Crippen LogP contribution in [0.2, 0.25) is 0 Å². The second kappa shape index (κ2) is 8.42. The molecule has 0 radical (unpaired) electrons. The van der Waals surface area contributed by atoms with Crippen molar-refractivity contribution in [3.63, 3.8) is 0 Å². The van der Waals surface area contributed by atoms with E-state index in [1.165, 1.54) is 7.11 Å². The average Bonchev–Trinajstić information content (AvgIpc) is 3.39. The minimum Gasteiger partial charge on any atom is -0.497 e. The van der Waals surface area contributed by atoms with E-state index in [0.717, 1.165) is 44.8 Å². The number of benzene rings is 3. The van der Waals surface area contributed by atoms with Gasteiger partial charge in [0.1, 0.15) is 18.1 Å². The van der Waals surface area contributed by atoms with Crippen LogP contribution < -0.4 is 9.47 Å². The maximum Gasteiger partial charge on any atom is 0.310 e. The average molecular weight is 428 g/mol.